The second kappa shape index (κ2) is 9.96. The predicted octanol–water partition coefficient (Wildman–Crippen LogP) is 3.92. The third-order valence-corrected chi connectivity index (χ3v) is 4.20. The van der Waals surface area contributed by atoms with Gasteiger partial charge in [-0.1, -0.05) is 58.3 Å². The lowest BCUT2D eigenvalue weighted by Crippen LogP contribution is -2.22. The largest absolute Gasteiger partial charge is 0.368 e. The minimum absolute atomic E-state index is 0.0131. The zero-order chi connectivity index (χ0) is 17.2. The molecule has 24 heavy (non-hydrogen) atoms. The quantitative estimate of drug-likeness (QED) is 0.625. The van der Waals surface area contributed by atoms with Crippen molar-refractivity contribution in [1.82, 2.24) is 0 Å². The summed E-state index contributed by atoms with van der Waals surface area (Å²) in [7, 11) is 0. The van der Waals surface area contributed by atoms with E-state index in [0.717, 1.165) is 12.8 Å². The molecule has 5 nitrogen and oxygen atoms in total. The van der Waals surface area contributed by atoms with Crippen LogP contribution in [0.4, 0.5) is 10.5 Å². The van der Waals surface area contributed by atoms with E-state index in [0.29, 0.717) is 22.8 Å². The topological polar surface area (TPSA) is 70.9 Å². The van der Waals surface area contributed by atoms with Crippen LogP contribution < -0.4 is 16.0 Å². The zero-order valence-electron chi connectivity index (χ0n) is 14.5. The fourth-order valence-electron chi connectivity index (χ4n) is 2.84. The molecule has 1 heterocycles. The highest BCUT2D eigenvalue weighted by atomic mass is 16.2. The third kappa shape index (κ3) is 6.22. The highest BCUT2D eigenvalue weighted by Gasteiger charge is 2.07. The van der Waals surface area contributed by atoms with Crippen molar-refractivity contribution in [2.45, 2.75) is 71.1 Å². The molecule has 0 saturated heterocycles. The maximum Gasteiger partial charge on any atom is 0.368 e. The molecule has 0 fully saturated rings. The monoisotopic (exact) mass is 329 g/mol. The highest BCUT2D eigenvalue weighted by molar-refractivity contribution is 5.90. The smallest absolute Gasteiger partial charge is 0.326 e. The van der Waals surface area contributed by atoms with Gasteiger partial charge in [-0.15, -0.1) is 0 Å². The van der Waals surface area contributed by atoms with E-state index in [4.69, 9.17) is 0 Å². The molecule has 130 valence electrons. The van der Waals surface area contributed by atoms with Crippen molar-refractivity contribution in [3.05, 3.63) is 28.9 Å². The van der Waals surface area contributed by atoms with E-state index < -0.39 is 6.03 Å². The van der Waals surface area contributed by atoms with Gasteiger partial charge in [0, 0.05) is 12.1 Å². The van der Waals surface area contributed by atoms with Gasteiger partial charge in [0.05, 0.1) is 10.7 Å². The van der Waals surface area contributed by atoms with Gasteiger partial charge in [0.1, 0.15) is 0 Å². The van der Waals surface area contributed by atoms with Crippen LogP contribution in [0, 0.1) is 0 Å². The molecule has 1 aliphatic heterocycles. The van der Waals surface area contributed by atoms with Crippen LogP contribution in [0.2, 0.25) is 0 Å². The number of nitrogens with zero attached hydrogens (tertiary/aromatic N) is 2. The van der Waals surface area contributed by atoms with Gasteiger partial charge < -0.3 is 5.32 Å². The van der Waals surface area contributed by atoms with Crippen LogP contribution in [0.5, 0.6) is 0 Å². The molecule has 1 aromatic rings. The molecule has 5 heteroatoms. The molecule has 0 radical (unpaired) electrons. The van der Waals surface area contributed by atoms with Gasteiger partial charge in [0.15, 0.2) is 0 Å². The van der Waals surface area contributed by atoms with Crippen LogP contribution in [0.15, 0.2) is 28.2 Å². The van der Waals surface area contributed by atoms with Crippen LogP contribution in [0.3, 0.4) is 0 Å². The molecule has 3 amide bonds. The first-order valence-corrected chi connectivity index (χ1v) is 9.10. The molecule has 0 unspecified atom stereocenters. The minimum Gasteiger partial charge on any atom is -0.326 e. The van der Waals surface area contributed by atoms with E-state index in [1.807, 2.05) is 0 Å². The average molecular weight is 329 g/mol. The number of amides is 3. The Morgan fingerprint density at radius 3 is 2.25 bits per heavy atom. The summed E-state index contributed by atoms with van der Waals surface area (Å²) < 4.78 is 0. The fourth-order valence-corrected chi connectivity index (χ4v) is 2.84. The number of fused-ring (bicyclic) bond motifs is 1. The van der Waals surface area contributed by atoms with E-state index >= 15 is 0 Å². The molecule has 1 N–H and O–H groups in total. The lowest BCUT2D eigenvalue weighted by atomic mass is 10.1. The highest BCUT2D eigenvalue weighted by Crippen LogP contribution is 2.11. The third-order valence-electron chi connectivity index (χ3n) is 4.20. The normalized spacial score (nSPS) is 12.5. The van der Waals surface area contributed by atoms with Crippen LogP contribution in [-0.4, -0.2) is 11.9 Å². The summed E-state index contributed by atoms with van der Waals surface area (Å²) in [6.45, 7) is 2.23. The summed E-state index contributed by atoms with van der Waals surface area (Å²) in [6, 6.07) is 4.67. The molecular formula is C19H27N3O2. The Hall–Kier alpha value is -2.04. The van der Waals surface area contributed by atoms with Gasteiger partial charge in [-0.3, -0.25) is 4.79 Å². The fraction of sp³-hybridized carbons (Fsp3) is 0.579. The predicted molar refractivity (Wildman–Crippen MR) is 94.6 cm³/mol. The Bertz CT molecular complexity index is 682. The number of carbonyl (C=O) groups excluding carboxylic acids is 2. The zero-order valence-corrected chi connectivity index (χ0v) is 14.5. The first-order chi connectivity index (χ1) is 11.7. The number of unbranched alkanes of at least 4 members (excludes halogenated alkanes) is 8. The Morgan fingerprint density at radius 2 is 1.54 bits per heavy atom. The van der Waals surface area contributed by atoms with E-state index in [9.17, 15) is 9.59 Å². The first kappa shape index (κ1) is 18.3. The number of nitrogens with one attached hydrogen (secondary N) is 1. The van der Waals surface area contributed by atoms with Crippen LogP contribution in [0.1, 0.15) is 71.1 Å². The molecule has 2 rings (SSSR count). The van der Waals surface area contributed by atoms with Gasteiger partial charge in [0.25, 0.3) is 0 Å². The number of hydrogen-bond donors (Lipinski definition) is 1. The molecule has 0 spiro atoms. The summed E-state index contributed by atoms with van der Waals surface area (Å²) in [6.07, 6.45) is 11.7. The second-order valence-electron chi connectivity index (χ2n) is 6.34. The Morgan fingerprint density at radius 1 is 0.917 bits per heavy atom. The van der Waals surface area contributed by atoms with Crippen LogP contribution >= 0.6 is 0 Å². The van der Waals surface area contributed by atoms with Gasteiger partial charge in [-0.25, -0.2) is 4.79 Å². The summed E-state index contributed by atoms with van der Waals surface area (Å²) in [4.78, 5) is 30.6. The molecule has 0 atom stereocenters. The number of benzene rings is 1. The van der Waals surface area contributed by atoms with Crippen molar-refractivity contribution in [3.63, 3.8) is 0 Å². The van der Waals surface area contributed by atoms with Gasteiger partial charge in [0.2, 0.25) is 5.91 Å². The number of hydrogen-bond acceptors (Lipinski definition) is 2. The van der Waals surface area contributed by atoms with Crippen molar-refractivity contribution in [1.29, 1.82) is 0 Å². The SMILES string of the molecule is CCCCCCCCCCCC(=O)Nc1ccc2c(c1)=NC(=O)N=2. The maximum absolute atomic E-state index is 12.0. The lowest BCUT2D eigenvalue weighted by Gasteiger charge is -2.05. The summed E-state index contributed by atoms with van der Waals surface area (Å²) in [5.41, 5.74) is 0.670. The molecule has 1 aliphatic rings. The average Bonchev–Trinajstić information content (AvgIpc) is 2.92. The molecule has 0 saturated carbocycles. The van der Waals surface area contributed by atoms with Crippen LogP contribution in [-0.2, 0) is 4.79 Å². The number of anilines is 1. The standard InChI is InChI=1S/C19H27N3O2/c1-2-3-4-5-6-7-8-9-10-11-18(23)20-15-12-13-16-17(14-15)22-19(24)21-16/h12-14H,2-11H2,1H3,(H,20,23). The molecule has 0 aromatic heterocycles. The van der Waals surface area contributed by atoms with E-state index in [1.165, 1.54) is 44.9 Å². The second-order valence-corrected chi connectivity index (χ2v) is 6.34. The number of urea groups is 1. The van der Waals surface area contributed by atoms with Crippen molar-refractivity contribution in [2.24, 2.45) is 9.98 Å². The van der Waals surface area contributed by atoms with Crippen LogP contribution in [0.25, 0.3) is 0 Å². The van der Waals surface area contributed by atoms with Crippen molar-refractivity contribution in [3.8, 4) is 0 Å². The summed E-state index contributed by atoms with van der Waals surface area (Å²) in [5, 5.41) is 3.95. The van der Waals surface area contributed by atoms with E-state index in [2.05, 4.69) is 22.2 Å². The number of rotatable bonds is 11. The van der Waals surface area contributed by atoms with Gasteiger partial charge in [-0.2, -0.15) is 9.98 Å². The Kier molecular flexibility index (Phi) is 7.59. The van der Waals surface area contributed by atoms with E-state index in [-0.39, 0.29) is 5.91 Å². The minimum atomic E-state index is -0.483. The van der Waals surface area contributed by atoms with Gasteiger partial charge in [-0.05, 0) is 24.6 Å². The van der Waals surface area contributed by atoms with Crippen molar-refractivity contribution >= 4 is 17.6 Å². The Balaban J connectivity index is 1.59. The summed E-state index contributed by atoms with van der Waals surface area (Å²) in [5.74, 6) is 0.0131. The molecular weight excluding hydrogens is 302 g/mol. The molecule has 1 aromatic carbocycles. The Labute approximate surface area is 143 Å². The first-order valence-electron chi connectivity index (χ1n) is 9.10. The van der Waals surface area contributed by atoms with Gasteiger partial charge >= 0.3 is 6.03 Å². The van der Waals surface area contributed by atoms with E-state index in [1.54, 1.807) is 18.2 Å². The number of carbonyl (C=O) groups is 2. The summed E-state index contributed by atoms with van der Waals surface area (Å²) >= 11 is 0. The molecule has 0 aliphatic carbocycles. The van der Waals surface area contributed by atoms with Crippen molar-refractivity contribution in [2.75, 3.05) is 5.32 Å². The maximum atomic E-state index is 12.0. The van der Waals surface area contributed by atoms with Crippen molar-refractivity contribution < 1.29 is 9.59 Å². The lowest BCUT2D eigenvalue weighted by molar-refractivity contribution is -0.116. The molecule has 0 bridgehead atoms.